The molecule has 0 saturated heterocycles. The highest BCUT2D eigenvalue weighted by molar-refractivity contribution is 9.10. The van der Waals surface area contributed by atoms with Gasteiger partial charge in [-0.15, -0.1) is 0 Å². The molecule has 0 aliphatic carbocycles. The topological polar surface area (TPSA) is 70.2 Å². The Hall–Kier alpha value is -2.34. The second kappa shape index (κ2) is 5.57. The highest BCUT2D eigenvalue weighted by Gasteiger charge is 2.17. The molecule has 3 N–H and O–H groups in total. The van der Waals surface area contributed by atoms with Crippen LogP contribution < -0.4 is 16.0 Å². The van der Waals surface area contributed by atoms with Crippen molar-refractivity contribution in [1.29, 1.82) is 0 Å². The first-order valence-corrected chi connectivity index (χ1v) is 7.16. The molecular formula is C15H12BrN3O2. The van der Waals surface area contributed by atoms with E-state index in [0.717, 1.165) is 15.7 Å². The first kappa shape index (κ1) is 13.6. The summed E-state index contributed by atoms with van der Waals surface area (Å²) in [6, 6.07) is 12.3. The predicted molar refractivity (Wildman–Crippen MR) is 85.6 cm³/mol. The Morgan fingerprint density at radius 1 is 1.05 bits per heavy atom. The van der Waals surface area contributed by atoms with Gasteiger partial charge in [0.1, 0.15) is 0 Å². The highest BCUT2D eigenvalue weighted by Crippen LogP contribution is 2.26. The number of carbonyl (C=O) groups is 2. The third-order valence-electron chi connectivity index (χ3n) is 3.09. The zero-order valence-electron chi connectivity index (χ0n) is 10.9. The number of amides is 3. The third-order valence-corrected chi connectivity index (χ3v) is 3.62. The zero-order chi connectivity index (χ0) is 14.8. The van der Waals surface area contributed by atoms with Gasteiger partial charge in [0.05, 0.1) is 6.42 Å². The normalized spacial score (nSPS) is 12.5. The van der Waals surface area contributed by atoms with E-state index < -0.39 is 0 Å². The quantitative estimate of drug-likeness (QED) is 0.778. The van der Waals surface area contributed by atoms with Crippen LogP contribution in [-0.2, 0) is 11.2 Å². The van der Waals surface area contributed by atoms with Crippen molar-refractivity contribution in [2.45, 2.75) is 6.42 Å². The summed E-state index contributed by atoms with van der Waals surface area (Å²) in [6.07, 6.45) is 0.390. The van der Waals surface area contributed by atoms with Crippen molar-refractivity contribution >= 4 is 44.9 Å². The zero-order valence-corrected chi connectivity index (χ0v) is 12.5. The van der Waals surface area contributed by atoms with Crippen molar-refractivity contribution in [1.82, 2.24) is 0 Å². The van der Waals surface area contributed by atoms with Crippen molar-refractivity contribution in [3.05, 3.63) is 52.5 Å². The molecule has 5 nitrogen and oxygen atoms in total. The largest absolute Gasteiger partial charge is 0.325 e. The van der Waals surface area contributed by atoms with E-state index in [0.29, 0.717) is 17.8 Å². The van der Waals surface area contributed by atoms with Gasteiger partial charge >= 0.3 is 6.03 Å². The lowest BCUT2D eigenvalue weighted by Crippen LogP contribution is -2.19. The van der Waals surface area contributed by atoms with E-state index in [-0.39, 0.29) is 11.9 Å². The van der Waals surface area contributed by atoms with Crippen LogP contribution in [0.2, 0.25) is 0 Å². The lowest BCUT2D eigenvalue weighted by atomic mass is 10.1. The maximum atomic E-state index is 11.9. The molecule has 6 heteroatoms. The average molecular weight is 346 g/mol. The van der Waals surface area contributed by atoms with E-state index in [9.17, 15) is 9.59 Å². The van der Waals surface area contributed by atoms with Gasteiger partial charge in [0.15, 0.2) is 0 Å². The molecule has 3 rings (SSSR count). The van der Waals surface area contributed by atoms with Crippen LogP contribution in [0.1, 0.15) is 5.56 Å². The van der Waals surface area contributed by atoms with Crippen molar-refractivity contribution in [2.24, 2.45) is 0 Å². The lowest BCUT2D eigenvalue weighted by Gasteiger charge is -2.09. The van der Waals surface area contributed by atoms with Gasteiger partial charge < -0.3 is 16.0 Å². The van der Waals surface area contributed by atoms with E-state index in [1.165, 1.54) is 0 Å². The fourth-order valence-electron chi connectivity index (χ4n) is 2.12. The Morgan fingerprint density at radius 2 is 1.71 bits per heavy atom. The molecule has 0 saturated carbocycles. The second-order valence-electron chi connectivity index (χ2n) is 4.68. The van der Waals surface area contributed by atoms with Gasteiger partial charge in [-0.3, -0.25) is 4.79 Å². The molecule has 0 unspecified atom stereocenters. The van der Waals surface area contributed by atoms with Crippen molar-refractivity contribution < 1.29 is 9.59 Å². The SMILES string of the molecule is O=C1Cc2ccc(NC(=O)Nc3ccc(Br)cc3)cc2N1. The molecule has 0 radical (unpaired) electrons. The van der Waals surface area contributed by atoms with Gasteiger partial charge in [0.2, 0.25) is 5.91 Å². The summed E-state index contributed by atoms with van der Waals surface area (Å²) in [5, 5.41) is 8.22. The van der Waals surface area contributed by atoms with Gasteiger partial charge in [0, 0.05) is 21.5 Å². The first-order chi connectivity index (χ1) is 10.1. The standard InChI is InChI=1S/C15H12BrN3O2/c16-10-2-5-11(6-3-10)17-15(21)18-12-4-1-9-7-14(20)19-13(9)8-12/h1-6,8H,7H2,(H,19,20)(H2,17,18,21). The molecule has 0 fully saturated rings. The molecule has 0 bridgehead atoms. The molecular weight excluding hydrogens is 334 g/mol. The van der Waals surface area contributed by atoms with Crippen LogP contribution in [0.5, 0.6) is 0 Å². The Morgan fingerprint density at radius 3 is 2.48 bits per heavy atom. The van der Waals surface area contributed by atoms with Crippen LogP contribution >= 0.6 is 15.9 Å². The molecule has 3 amide bonds. The minimum absolute atomic E-state index is 0.0264. The van der Waals surface area contributed by atoms with Gasteiger partial charge in [-0.1, -0.05) is 22.0 Å². The molecule has 2 aromatic rings. The van der Waals surface area contributed by atoms with E-state index in [1.54, 1.807) is 24.3 Å². The number of hydrogen-bond acceptors (Lipinski definition) is 2. The van der Waals surface area contributed by atoms with Gasteiger partial charge in [0.25, 0.3) is 0 Å². The van der Waals surface area contributed by atoms with Crippen LogP contribution in [0, 0.1) is 0 Å². The number of hydrogen-bond donors (Lipinski definition) is 3. The molecule has 1 aliphatic heterocycles. The molecule has 1 heterocycles. The van der Waals surface area contributed by atoms with Crippen LogP contribution in [0.25, 0.3) is 0 Å². The minimum Gasteiger partial charge on any atom is -0.325 e. The summed E-state index contributed by atoms with van der Waals surface area (Å²) in [5.41, 5.74) is 3.02. The number of anilines is 3. The second-order valence-corrected chi connectivity index (χ2v) is 5.60. The fraction of sp³-hybridized carbons (Fsp3) is 0.0667. The van der Waals surface area contributed by atoms with E-state index in [1.807, 2.05) is 18.2 Å². The van der Waals surface area contributed by atoms with Crippen molar-refractivity contribution in [2.75, 3.05) is 16.0 Å². The molecule has 0 aromatic heterocycles. The average Bonchev–Trinajstić information content (AvgIpc) is 2.80. The molecule has 0 spiro atoms. The predicted octanol–water partition coefficient (Wildman–Crippen LogP) is 3.59. The van der Waals surface area contributed by atoms with Crippen LogP contribution in [0.3, 0.4) is 0 Å². The Kier molecular flexibility index (Phi) is 3.62. The number of urea groups is 1. The van der Waals surface area contributed by atoms with Crippen LogP contribution in [0.4, 0.5) is 21.9 Å². The van der Waals surface area contributed by atoms with Gasteiger partial charge in [-0.05, 0) is 42.0 Å². The van der Waals surface area contributed by atoms with E-state index in [4.69, 9.17) is 0 Å². The summed E-state index contributed by atoms with van der Waals surface area (Å²) in [6.45, 7) is 0. The summed E-state index contributed by atoms with van der Waals surface area (Å²) in [5.74, 6) is -0.0264. The monoisotopic (exact) mass is 345 g/mol. The Labute approximate surface area is 129 Å². The van der Waals surface area contributed by atoms with Gasteiger partial charge in [-0.25, -0.2) is 4.79 Å². The molecule has 0 atom stereocenters. The first-order valence-electron chi connectivity index (χ1n) is 6.36. The highest BCUT2D eigenvalue weighted by atomic mass is 79.9. The maximum Gasteiger partial charge on any atom is 0.323 e. The molecule has 21 heavy (non-hydrogen) atoms. The smallest absolute Gasteiger partial charge is 0.323 e. The summed E-state index contributed by atoms with van der Waals surface area (Å²) in [4.78, 5) is 23.2. The van der Waals surface area contributed by atoms with Crippen molar-refractivity contribution in [3.8, 4) is 0 Å². The summed E-state index contributed by atoms with van der Waals surface area (Å²) < 4.78 is 0.947. The summed E-state index contributed by atoms with van der Waals surface area (Å²) >= 11 is 3.34. The summed E-state index contributed by atoms with van der Waals surface area (Å²) in [7, 11) is 0. The molecule has 2 aromatic carbocycles. The number of fused-ring (bicyclic) bond motifs is 1. The van der Waals surface area contributed by atoms with Crippen LogP contribution in [0.15, 0.2) is 46.9 Å². The van der Waals surface area contributed by atoms with E-state index in [2.05, 4.69) is 31.9 Å². The van der Waals surface area contributed by atoms with E-state index >= 15 is 0 Å². The number of carbonyl (C=O) groups excluding carboxylic acids is 2. The maximum absolute atomic E-state index is 11.9. The van der Waals surface area contributed by atoms with Crippen molar-refractivity contribution in [3.63, 3.8) is 0 Å². The molecule has 1 aliphatic rings. The number of halogens is 1. The Bertz CT molecular complexity index is 713. The third kappa shape index (κ3) is 3.22. The number of nitrogens with one attached hydrogen (secondary N) is 3. The molecule has 106 valence electrons. The van der Waals surface area contributed by atoms with Gasteiger partial charge in [-0.2, -0.15) is 0 Å². The Balaban J connectivity index is 1.66. The fourth-order valence-corrected chi connectivity index (χ4v) is 2.38. The number of rotatable bonds is 2. The number of benzene rings is 2. The van der Waals surface area contributed by atoms with Crippen LogP contribution in [-0.4, -0.2) is 11.9 Å². The lowest BCUT2D eigenvalue weighted by molar-refractivity contribution is -0.115. The minimum atomic E-state index is -0.332.